The van der Waals surface area contributed by atoms with E-state index in [2.05, 4.69) is 15.3 Å². The molecule has 0 aliphatic heterocycles. The molecule has 2 aromatic rings. The third kappa shape index (κ3) is 3.27. The van der Waals surface area contributed by atoms with Crippen molar-refractivity contribution >= 4 is 29.9 Å². The highest BCUT2D eigenvalue weighted by atomic mass is 35.5. The van der Waals surface area contributed by atoms with Gasteiger partial charge >= 0.3 is 0 Å². The van der Waals surface area contributed by atoms with Crippen LogP contribution < -0.4 is 11.1 Å². The fourth-order valence-electron chi connectivity index (χ4n) is 1.36. The highest BCUT2D eigenvalue weighted by Gasteiger charge is 2.06. The van der Waals surface area contributed by atoms with Gasteiger partial charge in [-0.3, -0.25) is 0 Å². The molecule has 0 amide bonds. The zero-order valence-electron chi connectivity index (χ0n) is 9.45. The molecule has 0 radical (unpaired) electrons. The number of aromatic nitrogens is 2. The highest BCUT2D eigenvalue weighted by Crippen LogP contribution is 2.19. The van der Waals surface area contributed by atoms with E-state index in [9.17, 15) is 8.78 Å². The van der Waals surface area contributed by atoms with E-state index in [-0.39, 0.29) is 29.9 Å². The maximum atomic E-state index is 13.3. The Bertz CT molecular complexity index is 542. The zero-order chi connectivity index (χ0) is 12.4. The number of benzene rings is 1. The fourth-order valence-corrected chi connectivity index (χ4v) is 1.36. The summed E-state index contributed by atoms with van der Waals surface area (Å²) >= 11 is 0. The number of hydrogen-bond donors (Lipinski definition) is 2. The summed E-state index contributed by atoms with van der Waals surface area (Å²) in [4.78, 5) is 7.92. The summed E-state index contributed by atoms with van der Waals surface area (Å²) in [7, 11) is 0. The first-order valence-electron chi connectivity index (χ1n) is 4.88. The maximum Gasteiger partial charge on any atom is 0.229 e. The monoisotopic (exact) mass is 272 g/mol. The van der Waals surface area contributed by atoms with Crippen molar-refractivity contribution in [2.24, 2.45) is 0 Å². The Balaban J connectivity index is 0.00000162. The number of rotatable bonds is 2. The molecule has 0 bridgehead atoms. The number of aryl methyl sites for hydroxylation is 1. The van der Waals surface area contributed by atoms with Gasteiger partial charge in [-0.05, 0) is 19.1 Å². The minimum atomic E-state index is -0.714. The third-order valence-corrected chi connectivity index (χ3v) is 2.05. The second-order valence-electron chi connectivity index (χ2n) is 3.51. The van der Waals surface area contributed by atoms with Crippen LogP contribution in [0.3, 0.4) is 0 Å². The smallest absolute Gasteiger partial charge is 0.229 e. The second-order valence-corrected chi connectivity index (χ2v) is 3.51. The Morgan fingerprint density at radius 1 is 1.17 bits per heavy atom. The molecule has 0 aliphatic rings. The van der Waals surface area contributed by atoms with Gasteiger partial charge in [0.1, 0.15) is 17.5 Å². The van der Waals surface area contributed by atoms with E-state index >= 15 is 0 Å². The fraction of sp³-hybridized carbons (Fsp3) is 0.0909. The van der Waals surface area contributed by atoms with Crippen LogP contribution in [0.1, 0.15) is 5.69 Å². The van der Waals surface area contributed by atoms with Gasteiger partial charge in [-0.2, -0.15) is 4.98 Å². The maximum absolute atomic E-state index is 13.3. The molecule has 0 fully saturated rings. The zero-order valence-corrected chi connectivity index (χ0v) is 10.3. The van der Waals surface area contributed by atoms with Gasteiger partial charge in [-0.15, -0.1) is 12.4 Å². The van der Waals surface area contributed by atoms with Crippen LogP contribution in [0, 0.1) is 18.6 Å². The van der Waals surface area contributed by atoms with Crippen LogP contribution in [0.25, 0.3) is 0 Å². The topological polar surface area (TPSA) is 63.8 Å². The summed E-state index contributed by atoms with van der Waals surface area (Å²) in [6.45, 7) is 1.74. The molecule has 0 spiro atoms. The number of nitrogens with zero attached hydrogens (tertiary/aromatic N) is 2. The number of halogens is 3. The van der Waals surface area contributed by atoms with E-state index in [1.165, 1.54) is 6.07 Å². The molecule has 3 N–H and O–H groups in total. The molecule has 18 heavy (non-hydrogen) atoms. The van der Waals surface area contributed by atoms with Crippen molar-refractivity contribution < 1.29 is 8.78 Å². The Kier molecular flexibility index (Phi) is 4.38. The van der Waals surface area contributed by atoms with Gasteiger partial charge in [0, 0.05) is 17.8 Å². The van der Waals surface area contributed by atoms with E-state index in [1.807, 2.05) is 0 Å². The Morgan fingerprint density at radius 2 is 1.89 bits per heavy atom. The molecule has 4 nitrogen and oxygen atoms in total. The highest BCUT2D eigenvalue weighted by molar-refractivity contribution is 5.85. The molecule has 0 unspecified atom stereocenters. The number of anilines is 3. The van der Waals surface area contributed by atoms with Gasteiger partial charge in [0.25, 0.3) is 0 Å². The van der Waals surface area contributed by atoms with Crippen molar-refractivity contribution in [1.82, 2.24) is 9.97 Å². The van der Waals surface area contributed by atoms with Gasteiger partial charge in [0.15, 0.2) is 0 Å². The first-order chi connectivity index (χ1) is 8.04. The van der Waals surface area contributed by atoms with Crippen LogP contribution in [0.5, 0.6) is 0 Å². The van der Waals surface area contributed by atoms with Crippen LogP contribution >= 0.6 is 12.4 Å². The van der Waals surface area contributed by atoms with Gasteiger partial charge < -0.3 is 11.1 Å². The Hall–Kier alpha value is -1.95. The normalized spacial score (nSPS) is 9.72. The molecule has 1 aromatic heterocycles. The van der Waals surface area contributed by atoms with Crippen molar-refractivity contribution in [2.45, 2.75) is 6.92 Å². The van der Waals surface area contributed by atoms with Crippen LogP contribution in [0.4, 0.5) is 26.2 Å². The molecule has 1 aromatic carbocycles. The molecule has 0 saturated heterocycles. The van der Waals surface area contributed by atoms with Crippen LogP contribution in [-0.4, -0.2) is 9.97 Å². The minimum Gasteiger partial charge on any atom is -0.384 e. The summed E-state index contributed by atoms with van der Waals surface area (Å²) in [6, 6.07) is 4.78. The van der Waals surface area contributed by atoms with E-state index in [0.29, 0.717) is 5.69 Å². The predicted octanol–water partition coefficient (Wildman–Crippen LogP) is 2.81. The molecule has 2 rings (SSSR count). The summed E-state index contributed by atoms with van der Waals surface area (Å²) in [5, 5.41) is 2.64. The van der Waals surface area contributed by atoms with Gasteiger partial charge in [0.05, 0.1) is 5.69 Å². The molecule has 0 aliphatic carbocycles. The van der Waals surface area contributed by atoms with E-state index in [4.69, 9.17) is 5.73 Å². The van der Waals surface area contributed by atoms with Crippen molar-refractivity contribution in [3.63, 3.8) is 0 Å². The Morgan fingerprint density at radius 3 is 2.50 bits per heavy atom. The lowest BCUT2D eigenvalue weighted by atomic mass is 10.3. The van der Waals surface area contributed by atoms with Crippen molar-refractivity contribution in [3.8, 4) is 0 Å². The summed E-state index contributed by atoms with van der Waals surface area (Å²) < 4.78 is 26.0. The SMILES string of the molecule is Cc1cc(N)nc(Nc2ccc(F)cc2F)n1.Cl. The number of nitrogens with one attached hydrogen (secondary N) is 1. The standard InChI is InChI=1S/C11H10F2N4.ClH/c1-6-4-10(14)17-11(15-6)16-9-3-2-7(12)5-8(9)13;/h2-5H,1H3,(H3,14,15,16,17);1H. The molecule has 0 saturated carbocycles. The summed E-state index contributed by atoms with van der Waals surface area (Å²) in [6.07, 6.45) is 0. The summed E-state index contributed by atoms with van der Waals surface area (Å²) in [5.41, 5.74) is 6.28. The average Bonchev–Trinajstić information content (AvgIpc) is 2.21. The number of nitrogen functional groups attached to an aromatic ring is 1. The van der Waals surface area contributed by atoms with Crippen molar-refractivity contribution in [3.05, 3.63) is 41.6 Å². The lowest BCUT2D eigenvalue weighted by Gasteiger charge is -2.07. The van der Waals surface area contributed by atoms with E-state index in [1.54, 1.807) is 13.0 Å². The quantitative estimate of drug-likeness (QED) is 0.882. The predicted molar refractivity (Wildman–Crippen MR) is 68.1 cm³/mol. The van der Waals surface area contributed by atoms with Gasteiger partial charge in [0.2, 0.25) is 5.95 Å². The number of hydrogen-bond acceptors (Lipinski definition) is 4. The lowest BCUT2D eigenvalue weighted by Crippen LogP contribution is -2.03. The third-order valence-electron chi connectivity index (χ3n) is 2.05. The lowest BCUT2D eigenvalue weighted by molar-refractivity contribution is 0.586. The number of nitrogens with two attached hydrogens (primary N) is 1. The summed E-state index contributed by atoms with van der Waals surface area (Å²) in [5.74, 6) is -0.901. The van der Waals surface area contributed by atoms with Gasteiger partial charge in [-0.1, -0.05) is 0 Å². The minimum absolute atomic E-state index is 0. The van der Waals surface area contributed by atoms with E-state index in [0.717, 1.165) is 12.1 Å². The Labute approximate surface area is 109 Å². The molecular formula is C11H11ClF2N4. The van der Waals surface area contributed by atoms with Crippen LogP contribution in [0.2, 0.25) is 0 Å². The first-order valence-corrected chi connectivity index (χ1v) is 4.88. The second kappa shape index (κ2) is 5.59. The largest absolute Gasteiger partial charge is 0.384 e. The van der Waals surface area contributed by atoms with Gasteiger partial charge in [-0.25, -0.2) is 13.8 Å². The molecule has 96 valence electrons. The molecular weight excluding hydrogens is 262 g/mol. The molecule has 1 heterocycles. The van der Waals surface area contributed by atoms with Crippen molar-refractivity contribution in [1.29, 1.82) is 0 Å². The molecule has 0 atom stereocenters. The van der Waals surface area contributed by atoms with Crippen LogP contribution in [-0.2, 0) is 0 Å². The van der Waals surface area contributed by atoms with Crippen LogP contribution in [0.15, 0.2) is 24.3 Å². The average molecular weight is 273 g/mol. The molecule has 7 heteroatoms. The first kappa shape index (κ1) is 14.1. The van der Waals surface area contributed by atoms with E-state index < -0.39 is 11.6 Å². The van der Waals surface area contributed by atoms with Crippen molar-refractivity contribution in [2.75, 3.05) is 11.1 Å².